The molecule has 1 fully saturated rings. The Morgan fingerprint density at radius 1 is 1.67 bits per heavy atom. The molecule has 1 saturated heterocycles. The lowest BCUT2D eigenvalue weighted by molar-refractivity contribution is 0.133. The third kappa shape index (κ3) is 3.62. The van der Waals surface area contributed by atoms with Crippen molar-refractivity contribution in [1.82, 2.24) is 15.5 Å². The first-order valence-corrected chi connectivity index (χ1v) is 4.77. The van der Waals surface area contributed by atoms with Crippen LogP contribution < -0.4 is 16.4 Å². The highest BCUT2D eigenvalue weighted by molar-refractivity contribution is 5.74. The molecule has 0 aromatic heterocycles. The predicted molar refractivity (Wildman–Crippen MR) is 53.4 cm³/mol. The molecule has 1 atom stereocenters. The molecular weight excluding hydrogens is 200 g/mol. The van der Waals surface area contributed by atoms with E-state index in [0.29, 0.717) is 26.2 Å². The van der Waals surface area contributed by atoms with Gasteiger partial charge in [-0.2, -0.15) is 0 Å². The fraction of sp³-hybridized carbons (Fsp3) is 0.750. The molecule has 86 valence electrons. The maximum absolute atomic E-state index is 11.1. The molecule has 1 heterocycles. The van der Waals surface area contributed by atoms with Gasteiger partial charge in [0.15, 0.2) is 0 Å². The van der Waals surface area contributed by atoms with Crippen LogP contribution in [0.4, 0.5) is 9.59 Å². The van der Waals surface area contributed by atoms with Crippen LogP contribution in [0.1, 0.15) is 0 Å². The summed E-state index contributed by atoms with van der Waals surface area (Å²) in [6.45, 7) is 1.63. The van der Waals surface area contributed by atoms with Gasteiger partial charge in [0, 0.05) is 20.1 Å². The second-order valence-electron chi connectivity index (χ2n) is 3.31. The molecule has 15 heavy (non-hydrogen) atoms. The number of carbonyl (C=O) groups is 2. The van der Waals surface area contributed by atoms with Gasteiger partial charge in [-0.05, 0) is 0 Å². The van der Waals surface area contributed by atoms with Gasteiger partial charge in [0.05, 0.1) is 13.1 Å². The van der Waals surface area contributed by atoms with Crippen LogP contribution in [-0.4, -0.2) is 56.4 Å². The third-order valence-corrected chi connectivity index (χ3v) is 1.98. The maximum Gasteiger partial charge on any atom is 0.410 e. The van der Waals surface area contributed by atoms with Gasteiger partial charge in [-0.3, -0.25) is 0 Å². The fourth-order valence-corrected chi connectivity index (χ4v) is 1.21. The van der Waals surface area contributed by atoms with Gasteiger partial charge in [-0.15, -0.1) is 0 Å². The second-order valence-corrected chi connectivity index (χ2v) is 3.31. The highest BCUT2D eigenvalue weighted by Gasteiger charge is 2.28. The number of likely N-dealkylation sites (N-methyl/N-ethyl adjacent to an activating group) is 1. The highest BCUT2D eigenvalue weighted by atomic mass is 16.6. The molecule has 1 rings (SSSR count). The van der Waals surface area contributed by atoms with Gasteiger partial charge in [0.25, 0.3) is 0 Å². The Morgan fingerprint density at radius 3 is 2.93 bits per heavy atom. The van der Waals surface area contributed by atoms with Crippen LogP contribution in [0, 0.1) is 0 Å². The summed E-state index contributed by atoms with van der Waals surface area (Å²) in [4.78, 5) is 23.5. The summed E-state index contributed by atoms with van der Waals surface area (Å²) >= 11 is 0. The molecule has 0 aromatic carbocycles. The number of hydrogen-bond donors (Lipinski definition) is 3. The molecule has 7 heteroatoms. The molecule has 3 amide bonds. The zero-order valence-corrected chi connectivity index (χ0v) is 8.66. The minimum Gasteiger partial charge on any atom is -0.442 e. The smallest absolute Gasteiger partial charge is 0.410 e. The molecule has 0 saturated carbocycles. The van der Waals surface area contributed by atoms with Crippen LogP contribution in [0.5, 0.6) is 0 Å². The van der Waals surface area contributed by atoms with Crippen molar-refractivity contribution >= 4 is 12.1 Å². The van der Waals surface area contributed by atoms with Gasteiger partial charge < -0.3 is 26.0 Å². The lowest BCUT2D eigenvalue weighted by Gasteiger charge is -2.10. The number of amides is 3. The normalized spacial score (nSPS) is 20.0. The standard InChI is InChI=1S/C8H16N4O3/c1-12-5-6(15-8(12)14)4-11-7(13)10-3-2-9/h6H,2-5,9H2,1H3,(H2,10,11,13)/t6-/m1/s1. The summed E-state index contributed by atoms with van der Waals surface area (Å²) < 4.78 is 4.95. The molecule has 4 N–H and O–H groups in total. The van der Waals surface area contributed by atoms with Crippen molar-refractivity contribution in [3.63, 3.8) is 0 Å². The SMILES string of the molecule is CN1C[C@@H](CNC(=O)NCCN)OC1=O. The first kappa shape index (κ1) is 11.6. The van der Waals surface area contributed by atoms with Crippen LogP contribution in [0.15, 0.2) is 0 Å². The quantitative estimate of drug-likeness (QED) is 0.544. The Balaban J connectivity index is 2.15. The maximum atomic E-state index is 11.1. The molecule has 0 unspecified atom stereocenters. The highest BCUT2D eigenvalue weighted by Crippen LogP contribution is 2.07. The van der Waals surface area contributed by atoms with E-state index in [1.807, 2.05) is 0 Å². The summed E-state index contributed by atoms with van der Waals surface area (Å²) in [7, 11) is 1.65. The van der Waals surface area contributed by atoms with E-state index in [-0.39, 0.29) is 18.2 Å². The van der Waals surface area contributed by atoms with E-state index in [2.05, 4.69) is 10.6 Å². The first-order valence-electron chi connectivity index (χ1n) is 4.77. The van der Waals surface area contributed by atoms with Crippen molar-refractivity contribution in [1.29, 1.82) is 0 Å². The summed E-state index contributed by atoms with van der Waals surface area (Å²) in [5.74, 6) is 0. The molecule has 1 aliphatic rings. The summed E-state index contributed by atoms with van der Waals surface area (Å²) in [6.07, 6.45) is -0.629. The minimum atomic E-state index is -0.357. The number of cyclic esters (lactones) is 1. The molecule has 0 bridgehead atoms. The van der Waals surface area contributed by atoms with Crippen molar-refractivity contribution in [2.45, 2.75) is 6.10 Å². The van der Waals surface area contributed by atoms with Crippen LogP contribution in [-0.2, 0) is 4.74 Å². The number of urea groups is 1. The monoisotopic (exact) mass is 216 g/mol. The third-order valence-electron chi connectivity index (χ3n) is 1.98. The molecular formula is C8H16N4O3. The van der Waals surface area contributed by atoms with E-state index in [4.69, 9.17) is 10.5 Å². The Hall–Kier alpha value is -1.50. The van der Waals surface area contributed by atoms with E-state index in [0.717, 1.165) is 0 Å². The van der Waals surface area contributed by atoms with E-state index in [1.165, 1.54) is 4.90 Å². The number of nitrogens with zero attached hydrogens (tertiary/aromatic N) is 1. The van der Waals surface area contributed by atoms with Crippen molar-refractivity contribution in [3.8, 4) is 0 Å². The van der Waals surface area contributed by atoms with E-state index >= 15 is 0 Å². The number of nitrogens with one attached hydrogen (secondary N) is 2. The van der Waals surface area contributed by atoms with Crippen LogP contribution >= 0.6 is 0 Å². The Bertz CT molecular complexity index is 246. The largest absolute Gasteiger partial charge is 0.442 e. The Morgan fingerprint density at radius 2 is 2.40 bits per heavy atom. The molecule has 0 aromatic rings. The average Bonchev–Trinajstić information content (AvgIpc) is 2.52. The number of nitrogens with two attached hydrogens (primary N) is 1. The van der Waals surface area contributed by atoms with Crippen LogP contribution in [0.2, 0.25) is 0 Å². The molecule has 7 nitrogen and oxygen atoms in total. The number of ether oxygens (including phenoxy) is 1. The summed E-state index contributed by atoms with van der Waals surface area (Å²) in [6, 6.07) is -0.300. The van der Waals surface area contributed by atoms with Gasteiger partial charge >= 0.3 is 12.1 Å². The number of hydrogen-bond acceptors (Lipinski definition) is 4. The van der Waals surface area contributed by atoms with Crippen LogP contribution in [0.25, 0.3) is 0 Å². The molecule has 0 radical (unpaired) electrons. The van der Waals surface area contributed by atoms with E-state index in [1.54, 1.807) is 7.05 Å². The predicted octanol–water partition coefficient (Wildman–Crippen LogP) is -1.31. The van der Waals surface area contributed by atoms with Gasteiger partial charge in [0.2, 0.25) is 0 Å². The lowest BCUT2D eigenvalue weighted by Crippen LogP contribution is -2.42. The van der Waals surface area contributed by atoms with Crippen molar-refractivity contribution in [2.75, 3.05) is 33.2 Å². The van der Waals surface area contributed by atoms with Gasteiger partial charge in [-0.1, -0.05) is 0 Å². The lowest BCUT2D eigenvalue weighted by atomic mass is 10.3. The zero-order chi connectivity index (χ0) is 11.3. The minimum absolute atomic E-state index is 0.272. The van der Waals surface area contributed by atoms with Crippen molar-refractivity contribution < 1.29 is 14.3 Å². The van der Waals surface area contributed by atoms with Gasteiger partial charge in [0.1, 0.15) is 6.10 Å². The Kier molecular flexibility index (Phi) is 4.17. The molecule has 1 aliphatic heterocycles. The number of rotatable bonds is 4. The fourth-order valence-electron chi connectivity index (χ4n) is 1.21. The summed E-state index contributed by atoms with van der Waals surface area (Å²) in [5.41, 5.74) is 5.21. The Labute approximate surface area is 87.9 Å². The van der Waals surface area contributed by atoms with E-state index in [9.17, 15) is 9.59 Å². The number of carbonyl (C=O) groups excluding carboxylic acids is 2. The average molecular weight is 216 g/mol. The zero-order valence-electron chi connectivity index (χ0n) is 8.66. The van der Waals surface area contributed by atoms with Gasteiger partial charge in [-0.25, -0.2) is 9.59 Å². The first-order chi connectivity index (χ1) is 7.13. The topological polar surface area (TPSA) is 96.7 Å². The van der Waals surface area contributed by atoms with E-state index < -0.39 is 0 Å². The summed E-state index contributed by atoms with van der Waals surface area (Å²) in [5, 5.41) is 5.14. The second kappa shape index (κ2) is 5.40. The molecule has 0 aliphatic carbocycles. The van der Waals surface area contributed by atoms with Crippen molar-refractivity contribution in [2.24, 2.45) is 5.73 Å². The molecule has 0 spiro atoms. The van der Waals surface area contributed by atoms with Crippen LogP contribution in [0.3, 0.4) is 0 Å². The van der Waals surface area contributed by atoms with Crippen molar-refractivity contribution in [3.05, 3.63) is 0 Å².